The van der Waals surface area contributed by atoms with E-state index in [-0.39, 0.29) is 18.3 Å². The van der Waals surface area contributed by atoms with Crippen LogP contribution in [-0.4, -0.2) is 13.3 Å². The molecular weight excluding hydrogens is 337 g/mol. The van der Waals surface area contributed by atoms with Gasteiger partial charge in [-0.05, 0) is 87.2 Å². The van der Waals surface area contributed by atoms with E-state index in [0.717, 1.165) is 50.9 Å². The van der Waals surface area contributed by atoms with E-state index in [9.17, 15) is 13.2 Å². The van der Waals surface area contributed by atoms with Crippen LogP contribution in [0.4, 0.5) is 13.2 Å². The molecule has 2 aliphatic carbocycles. The number of hydrogen-bond donors (Lipinski definition) is 0. The van der Waals surface area contributed by atoms with Crippen molar-refractivity contribution in [3.05, 3.63) is 29.3 Å². The second-order valence-corrected chi connectivity index (χ2v) is 8.08. The second-order valence-electron chi connectivity index (χ2n) is 8.08. The lowest BCUT2D eigenvalue weighted by Crippen LogP contribution is -2.25. The molecule has 0 saturated heterocycles. The Hall–Kier alpha value is -1.19. The third-order valence-corrected chi connectivity index (χ3v) is 6.66. The minimum absolute atomic E-state index is 0.00692. The third kappa shape index (κ3) is 4.37. The van der Waals surface area contributed by atoms with E-state index in [1.165, 1.54) is 12.8 Å². The molecule has 0 amide bonds. The van der Waals surface area contributed by atoms with Crippen LogP contribution in [0.1, 0.15) is 76.2 Å². The summed E-state index contributed by atoms with van der Waals surface area (Å²) in [6.45, 7) is 1.90. The fraction of sp³-hybridized carbons (Fsp3) is 0.727. The van der Waals surface area contributed by atoms with Crippen LogP contribution in [0.15, 0.2) is 12.1 Å². The highest BCUT2D eigenvalue weighted by molar-refractivity contribution is 5.33. The van der Waals surface area contributed by atoms with Gasteiger partial charge in [-0.25, -0.2) is 4.39 Å². The van der Waals surface area contributed by atoms with Gasteiger partial charge in [0.25, 0.3) is 0 Å². The molecule has 1 nitrogen and oxygen atoms in total. The normalized spacial score (nSPS) is 29.5. The number of alkyl halides is 1. The van der Waals surface area contributed by atoms with Crippen LogP contribution in [0.5, 0.6) is 5.75 Å². The Balaban J connectivity index is 1.55. The maximum Gasteiger partial charge on any atom is 0.200 e. The van der Waals surface area contributed by atoms with E-state index in [1.54, 1.807) is 19.1 Å². The van der Waals surface area contributed by atoms with Crippen LogP contribution in [0.25, 0.3) is 0 Å². The van der Waals surface area contributed by atoms with Crippen molar-refractivity contribution in [3.8, 4) is 5.75 Å². The van der Waals surface area contributed by atoms with Crippen molar-refractivity contribution >= 4 is 0 Å². The van der Waals surface area contributed by atoms with Gasteiger partial charge >= 0.3 is 0 Å². The quantitative estimate of drug-likeness (QED) is 0.536. The van der Waals surface area contributed by atoms with Gasteiger partial charge < -0.3 is 4.74 Å². The zero-order valence-corrected chi connectivity index (χ0v) is 15.8. The van der Waals surface area contributed by atoms with Crippen molar-refractivity contribution < 1.29 is 17.9 Å². The van der Waals surface area contributed by atoms with E-state index in [4.69, 9.17) is 4.74 Å². The molecule has 1 aromatic rings. The highest BCUT2D eigenvalue weighted by atomic mass is 19.2. The van der Waals surface area contributed by atoms with Gasteiger partial charge in [0.15, 0.2) is 11.6 Å². The molecule has 2 aliphatic rings. The lowest BCUT2D eigenvalue weighted by molar-refractivity contribution is 0.152. The molecule has 1 aromatic carbocycles. The highest BCUT2D eigenvalue weighted by Crippen LogP contribution is 2.45. The van der Waals surface area contributed by atoms with Gasteiger partial charge in [0.2, 0.25) is 5.82 Å². The predicted molar refractivity (Wildman–Crippen MR) is 98.3 cm³/mol. The van der Waals surface area contributed by atoms with Gasteiger partial charge in [-0.2, -0.15) is 4.39 Å². The predicted octanol–water partition coefficient (Wildman–Crippen LogP) is 6.80. The molecule has 0 spiro atoms. The first-order valence-corrected chi connectivity index (χ1v) is 10.3. The Labute approximate surface area is 155 Å². The van der Waals surface area contributed by atoms with Gasteiger partial charge in [0, 0.05) is 0 Å². The minimum atomic E-state index is -0.849. The molecule has 0 N–H and O–H groups in total. The maximum absolute atomic E-state index is 14.5. The molecule has 0 aliphatic heterocycles. The maximum atomic E-state index is 14.5. The van der Waals surface area contributed by atoms with Gasteiger partial charge in [-0.3, -0.25) is 4.39 Å². The molecule has 0 heterocycles. The fourth-order valence-electron chi connectivity index (χ4n) is 5.13. The van der Waals surface area contributed by atoms with Gasteiger partial charge in [-0.1, -0.05) is 18.9 Å². The molecule has 0 bridgehead atoms. The molecule has 26 heavy (non-hydrogen) atoms. The first kappa shape index (κ1) is 19.6. The van der Waals surface area contributed by atoms with Crippen LogP contribution >= 0.6 is 0 Å². The lowest BCUT2D eigenvalue weighted by atomic mass is 9.68. The summed E-state index contributed by atoms with van der Waals surface area (Å²) in [5.74, 6) is 0.561. The van der Waals surface area contributed by atoms with Crippen LogP contribution in [0, 0.1) is 29.4 Å². The fourth-order valence-corrected chi connectivity index (χ4v) is 5.13. The second kappa shape index (κ2) is 9.14. The van der Waals surface area contributed by atoms with Crippen LogP contribution < -0.4 is 4.74 Å². The van der Waals surface area contributed by atoms with Crippen molar-refractivity contribution in [2.24, 2.45) is 17.8 Å². The number of ether oxygens (including phenoxy) is 1. The summed E-state index contributed by atoms with van der Waals surface area (Å²) in [4.78, 5) is 0. The van der Waals surface area contributed by atoms with E-state index >= 15 is 0 Å². The van der Waals surface area contributed by atoms with Crippen molar-refractivity contribution in [1.29, 1.82) is 0 Å². The Bertz CT molecular complexity index is 573. The SMILES string of the molecule is CCOc1ccc(C2CCC(C3CCC(CCF)CC3)CC2)c(F)c1F. The topological polar surface area (TPSA) is 9.23 Å². The molecule has 0 aromatic heterocycles. The Morgan fingerprint density at radius 3 is 2.08 bits per heavy atom. The Kier molecular flexibility index (Phi) is 6.88. The van der Waals surface area contributed by atoms with Gasteiger partial charge in [-0.15, -0.1) is 0 Å². The first-order valence-electron chi connectivity index (χ1n) is 10.3. The van der Waals surface area contributed by atoms with Crippen LogP contribution in [0.2, 0.25) is 0 Å². The smallest absolute Gasteiger partial charge is 0.200 e. The summed E-state index contributed by atoms with van der Waals surface area (Å²) in [5.41, 5.74) is 0.510. The molecule has 146 valence electrons. The Morgan fingerprint density at radius 1 is 0.885 bits per heavy atom. The standard InChI is InChI=1S/C22H31F3O/c1-2-26-20-12-11-19(21(24)22(20)25)18-9-7-17(8-10-18)16-5-3-15(4-6-16)13-14-23/h11-12,15-18H,2-10,13-14H2,1H3. The summed E-state index contributed by atoms with van der Waals surface area (Å²) in [6, 6.07) is 3.27. The molecule has 2 fully saturated rings. The zero-order valence-electron chi connectivity index (χ0n) is 15.8. The third-order valence-electron chi connectivity index (χ3n) is 6.66. The Morgan fingerprint density at radius 2 is 1.50 bits per heavy atom. The average molecular weight is 368 g/mol. The minimum Gasteiger partial charge on any atom is -0.491 e. The van der Waals surface area contributed by atoms with E-state index in [1.807, 2.05) is 0 Å². The van der Waals surface area contributed by atoms with Crippen molar-refractivity contribution in [2.75, 3.05) is 13.3 Å². The molecule has 2 saturated carbocycles. The summed E-state index contributed by atoms with van der Waals surface area (Å²) >= 11 is 0. The first-order chi connectivity index (χ1) is 12.6. The number of halogens is 3. The largest absolute Gasteiger partial charge is 0.491 e. The van der Waals surface area contributed by atoms with Crippen molar-refractivity contribution in [3.63, 3.8) is 0 Å². The van der Waals surface area contributed by atoms with Crippen LogP contribution in [0.3, 0.4) is 0 Å². The number of rotatable bonds is 6. The van der Waals surface area contributed by atoms with Gasteiger partial charge in [0.1, 0.15) is 0 Å². The molecule has 4 heteroatoms. The monoisotopic (exact) mass is 368 g/mol. The summed E-state index contributed by atoms with van der Waals surface area (Å²) in [5, 5.41) is 0. The van der Waals surface area contributed by atoms with Crippen LogP contribution in [-0.2, 0) is 0 Å². The van der Waals surface area contributed by atoms with E-state index in [2.05, 4.69) is 0 Å². The molecule has 0 radical (unpaired) electrons. The zero-order chi connectivity index (χ0) is 18.5. The van der Waals surface area contributed by atoms with Crippen molar-refractivity contribution in [1.82, 2.24) is 0 Å². The molecular formula is C22H31F3O. The lowest BCUT2D eigenvalue weighted by Gasteiger charge is -2.38. The highest BCUT2D eigenvalue weighted by Gasteiger charge is 2.32. The van der Waals surface area contributed by atoms with Gasteiger partial charge in [0.05, 0.1) is 13.3 Å². The van der Waals surface area contributed by atoms with Crippen molar-refractivity contribution in [2.45, 2.75) is 70.6 Å². The summed E-state index contributed by atoms with van der Waals surface area (Å²) < 4.78 is 46.2. The number of benzene rings is 1. The summed E-state index contributed by atoms with van der Waals surface area (Å²) in [6.07, 6.45) is 9.52. The number of hydrogen-bond acceptors (Lipinski definition) is 1. The molecule has 3 rings (SSSR count). The molecule has 0 atom stereocenters. The van der Waals surface area contributed by atoms with E-state index < -0.39 is 11.6 Å². The molecule has 0 unspecified atom stereocenters. The average Bonchev–Trinajstić information content (AvgIpc) is 2.67. The summed E-state index contributed by atoms with van der Waals surface area (Å²) in [7, 11) is 0. The van der Waals surface area contributed by atoms with E-state index in [0.29, 0.717) is 24.0 Å².